The summed E-state index contributed by atoms with van der Waals surface area (Å²) < 4.78 is 16.8. The molecular weight excluding hydrogens is 769 g/mol. The maximum atomic E-state index is 12.8. The average Bonchev–Trinajstić information content (AvgIpc) is 3.27. The first kappa shape index (κ1) is 58.9. The number of hydrogen-bond acceptors (Lipinski definition) is 6. The van der Waals surface area contributed by atoms with Crippen molar-refractivity contribution >= 4 is 17.9 Å². The van der Waals surface area contributed by atoms with Gasteiger partial charge in [-0.15, -0.1) is 0 Å². The summed E-state index contributed by atoms with van der Waals surface area (Å²) in [6.07, 6.45) is 63.1. The van der Waals surface area contributed by atoms with E-state index in [1.807, 2.05) is 0 Å². The van der Waals surface area contributed by atoms with Gasteiger partial charge < -0.3 is 14.2 Å². The van der Waals surface area contributed by atoms with E-state index in [9.17, 15) is 14.4 Å². The van der Waals surface area contributed by atoms with E-state index in [1.165, 1.54) is 77.0 Å². The van der Waals surface area contributed by atoms with E-state index < -0.39 is 6.10 Å². The summed E-state index contributed by atoms with van der Waals surface area (Å²) in [5.74, 6) is -0.924. The molecule has 0 radical (unpaired) electrons. The highest BCUT2D eigenvalue weighted by atomic mass is 16.6. The first-order valence-electron chi connectivity index (χ1n) is 25.9. The number of esters is 3. The Hall–Kier alpha value is -3.15. The van der Waals surface area contributed by atoms with Crippen molar-refractivity contribution in [2.24, 2.45) is 0 Å². The average molecular weight is 865 g/mol. The highest BCUT2D eigenvalue weighted by molar-refractivity contribution is 5.71. The predicted octanol–water partition coefficient (Wildman–Crippen LogP) is 17.0. The lowest BCUT2D eigenvalue weighted by atomic mass is 10.1. The number of hydrogen-bond donors (Lipinski definition) is 0. The maximum absolute atomic E-state index is 12.8. The van der Waals surface area contributed by atoms with Gasteiger partial charge in [-0.05, 0) is 103 Å². The minimum absolute atomic E-state index is 0.0904. The fourth-order valence-corrected chi connectivity index (χ4v) is 7.08. The number of carbonyl (C=O) groups excluding carboxylic acids is 3. The molecule has 0 aromatic heterocycles. The van der Waals surface area contributed by atoms with Gasteiger partial charge in [0.15, 0.2) is 6.10 Å². The third kappa shape index (κ3) is 47.9. The topological polar surface area (TPSA) is 78.9 Å². The Kier molecular flexibility index (Phi) is 47.9. The van der Waals surface area contributed by atoms with Crippen LogP contribution in [0.15, 0.2) is 72.9 Å². The molecular formula is C56H96O6. The summed E-state index contributed by atoms with van der Waals surface area (Å²) in [5, 5.41) is 0. The molecule has 0 aliphatic rings. The van der Waals surface area contributed by atoms with Gasteiger partial charge in [-0.3, -0.25) is 14.4 Å². The number of allylic oxidation sites excluding steroid dienone is 12. The molecule has 0 bridgehead atoms. The summed E-state index contributed by atoms with van der Waals surface area (Å²) in [5.41, 5.74) is 0. The Morgan fingerprint density at radius 2 is 0.629 bits per heavy atom. The minimum atomic E-state index is -0.790. The highest BCUT2D eigenvalue weighted by Crippen LogP contribution is 2.14. The zero-order chi connectivity index (χ0) is 45.1. The van der Waals surface area contributed by atoms with E-state index in [4.69, 9.17) is 14.2 Å². The van der Waals surface area contributed by atoms with Gasteiger partial charge in [0.25, 0.3) is 0 Å². The molecule has 0 rings (SSSR count). The van der Waals surface area contributed by atoms with E-state index in [0.29, 0.717) is 19.3 Å². The van der Waals surface area contributed by atoms with Crippen molar-refractivity contribution in [2.75, 3.05) is 13.2 Å². The van der Waals surface area contributed by atoms with Crippen molar-refractivity contribution in [2.45, 2.75) is 252 Å². The lowest BCUT2D eigenvalue weighted by molar-refractivity contribution is -0.167. The molecule has 0 amide bonds. The van der Waals surface area contributed by atoms with Crippen molar-refractivity contribution in [1.82, 2.24) is 0 Å². The molecule has 0 aliphatic carbocycles. The van der Waals surface area contributed by atoms with Crippen LogP contribution in [0.1, 0.15) is 245 Å². The smallest absolute Gasteiger partial charge is 0.306 e. The monoisotopic (exact) mass is 865 g/mol. The van der Waals surface area contributed by atoms with Gasteiger partial charge in [0.1, 0.15) is 13.2 Å². The first-order valence-corrected chi connectivity index (χ1v) is 25.9. The zero-order valence-electron chi connectivity index (χ0n) is 40.6. The van der Waals surface area contributed by atoms with Crippen molar-refractivity contribution < 1.29 is 28.6 Å². The Morgan fingerprint density at radius 1 is 0.339 bits per heavy atom. The zero-order valence-corrected chi connectivity index (χ0v) is 40.6. The molecule has 1 atom stereocenters. The minimum Gasteiger partial charge on any atom is -0.462 e. The van der Waals surface area contributed by atoms with E-state index >= 15 is 0 Å². The Morgan fingerprint density at radius 3 is 1.00 bits per heavy atom. The molecule has 0 saturated heterocycles. The third-order valence-corrected chi connectivity index (χ3v) is 10.9. The molecule has 0 N–H and O–H groups in total. The number of unbranched alkanes of at least 4 members (excludes halogenated alkanes) is 23. The molecule has 0 heterocycles. The van der Waals surface area contributed by atoms with Crippen LogP contribution in [-0.4, -0.2) is 37.2 Å². The largest absolute Gasteiger partial charge is 0.462 e. The molecule has 356 valence electrons. The summed E-state index contributed by atoms with van der Waals surface area (Å²) >= 11 is 0. The molecule has 0 aromatic carbocycles. The van der Waals surface area contributed by atoms with Gasteiger partial charge in [-0.1, -0.05) is 196 Å². The van der Waals surface area contributed by atoms with Crippen LogP contribution in [-0.2, 0) is 28.6 Å². The molecule has 0 aliphatic heterocycles. The van der Waals surface area contributed by atoms with Crippen LogP contribution in [0, 0.1) is 0 Å². The lowest BCUT2D eigenvalue weighted by Gasteiger charge is -2.18. The number of carbonyl (C=O) groups is 3. The Balaban J connectivity index is 4.42. The number of rotatable bonds is 46. The van der Waals surface area contributed by atoms with E-state index in [2.05, 4.69) is 93.7 Å². The van der Waals surface area contributed by atoms with Crippen molar-refractivity contribution in [3.05, 3.63) is 72.9 Å². The molecule has 0 aromatic rings. The molecule has 0 fully saturated rings. The predicted molar refractivity (Wildman–Crippen MR) is 265 cm³/mol. The molecule has 0 saturated carbocycles. The van der Waals surface area contributed by atoms with Gasteiger partial charge >= 0.3 is 17.9 Å². The molecule has 6 heteroatoms. The molecule has 0 spiro atoms. The summed E-state index contributed by atoms with van der Waals surface area (Å²) in [4.78, 5) is 38.0. The first-order chi connectivity index (χ1) is 30.5. The lowest BCUT2D eigenvalue weighted by Crippen LogP contribution is -2.30. The van der Waals surface area contributed by atoms with Crippen molar-refractivity contribution in [1.29, 1.82) is 0 Å². The fraction of sp³-hybridized carbons (Fsp3) is 0.732. The Bertz CT molecular complexity index is 1180. The van der Waals surface area contributed by atoms with Gasteiger partial charge in [0.05, 0.1) is 0 Å². The van der Waals surface area contributed by atoms with E-state index in [1.54, 1.807) is 0 Å². The molecule has 1 unspecified atom stereocenters. The van der Waals surface area contributed by atoms with Crippen molar-refractivity contribution in [3.8, 4) is 0 Å². The van der Waals surface area contributed by atoms with Crippen LogP contribution < -0.4 is 0 Å². The SMILES string of the molecule is CC/C=C\C/C=C\C/C=C\CCCCCCCCC(=O)OCC(COC(=O)CCCCCCC/C=C\C/C=C\CC)OC(=O)CCCCCCC/C=C\CCCCCCCCC. The van der Waals surface area contributed by atoms with Gasteiger partial charge in [-0.2, -0.15) is 0 Å². The second kappa shape index (κ2) is 50.5. The standard InChI is InChI=1S/C56H96O6/c1-4-7-10-13-16-19-22-25-27-29-31-34-37-40-43-46-49-55(58)61-52-53(51-60-54(57)48-45-42-39-36-33-24-21-18-15-12-9-6-3)62-56(59)50-47-44-41-38-35-32-30-28-26-23-20-17-14-11-8-5-2/h7,9-10,12,16,18-19,21,25,27-28,30,53H,4-6,8,11,13-15,17,20,22-24,26,29,31-52H2,1-3H3/b10-7-,12-9-,19-16-,21-18-,27-25-,30-28-. The highest BCUT2D eigenvalue weighted by Gasteiger charge is 2.19. The molecule has 62 heavy (non-hydrogen) atoms. The summed E-state index contributed by atoms with van der Waals surface area (Å²) in [6.45, 7) is 6.39. The van der Waals surface area contributed by atoms with Crippen LogP contribution in [0.4, 0.5) is 0 Å². The van der Waals surface area contributed by atoms with Gasteiger partial charge in [0, 0.05) is 19.3 Å². The quantitative estimate of drug-likeness (QED) is 0.0262. The van der Waals surface area contributed by atoms with E-state index in [0.717, 1.165) is 128 Å². The summed E-state index contributed by atoms with van der Waals surface area (Å²) in [7, 11) is 0. The van der Waals surface area contributed by atoms with Crippen LogP contribution in [0.3, 0.4) is 0 Å². The van der Waals surface area contributed by atoms with Crippen molar-refractivity contribution in [3.63, 3.8) is 0 Å². The second-order valence-corrected chi connectivity index (χ2v) is 17.0. The van der Waals surface area contributed by atoms with E-state index in [-0.39, 0.29) is 31.1 Å². The number of ether oxygens (including phenoxy) is 3. The van der Waals surface area contributed by atoms with Crippen LogP contribution >= 0.6 is 0 Å². The van der Waals surface area contributed by atoms with Gasteiger partial charge in [-0.25, -0.2) is 0 Å². The second-order valence-electron chi connectivity index (χ2n) is 17.0. The van der Waals surface area contributed by atoms with Crippen LogP contribution in [0.2, 0.25) is 0 Å². The van der Waals surface area contributed by atoms with Crippen LogP contribution in [0.25, 0.3) is 0 Å². The fourth-order valence-electron chi connectivity index (χ4n) is 7.08. The third-order valence-electron chi connectivity index (χ3n) is 10.9. The maximum Gasteiger partial charge on any atom is 0.306 e. The van der Waals surface area contributed by atoms with Gasteiger partial charge in [0.2, 0.25) is 0 Å². The normalized spacial score (nSPS) is 12.6. The molecule has 6 nitrogen and oxygen atoms in total. The Labute approximate surface area is 382 Å². The summed E-state index contributed by atoms with van der Waals surface area (Å²) in [6, 6.07) is 0. The van der Waals surface area contributed by atoms with Crippen LogP contribution in [0.5, 0.6) is 0 Å².